The molecule has 0 saturated carbocycles. The van der Waals surface area contributed by atoms with E-state index >= 15 is 0 Å². The van der Waals surface area contributed by atoms with Crippen LogP contribution >= 0.6 is 0 Å². The average molecular weight is 191 g/mol. The van der Waals surface area contributed by atoms with Gasteiger partial charge >= 0.3 is 0 Å². The van der Waals surface area contributed by atoms with Gasteiger partial charge in [-0.1, -0.05) is 12.2 Å². The summed E-state index contributed by atoms with van der Waals surface area (Å²) in [7, 11) is 0. The molecule has 2 heterocycles. The van der Waals surface area contributed by atoms with Crippen LogP contribution in [0.3, 0.4) is 0 Å². The first kappa shape index (κ1) is 9.15. The van der Waals surface area contributed by atoms with Crippen molar-refractivity contribution in [2.24, 2.45) is 0 Å². The number of anilines is 1. The predicted molar refractivity (Wildman–Crippen MR) is 53.9 cm³/mol. The lowest BCUT2D eigenvalue weighted by Crippen LogP contribution is -2.27. The molecule has 0 bridgehead atoms. The fourth-order valence-electron chi connectivity index (χ4n) is 1.44. The number of nitrogens with zero attached hydrogens (tertiary/aromatic N) is 3. The van der Waals surface area contributed by atoms with Crippen LogP contribution in [-0.4, -0.2) is 28.2 Å². The Hall–Kier alpha value is -1.42. The highest BCUT2D eigenvalue weighted by Crippen LogP contribution is 2.12. The van der Waals surface area contributed by atoms with E-state index in [-0.39, 0.29) is 6.61 Å². The molecule has 1 N–H and O–H groups in total. The molecular weight excluding hydrogens is 178 g/mol. The van der Waals surface area contributed by atoms with Crippen molar-refractivity contribution in [2.45, 2.75) is 13.0 Å². The highest BCUT2D eigenvalue weighted by molar-refractivity contribution is 5.37. The Bertz CT molecular complexity index is 321. The number of rotatable bonds is 2. The van der Waals surface area contributed by atoms with Crippen LogP contribution in [0.4, 0.5) is 5.82 Å². The molecule has 1 aromatic heterocycles. The Labute approximate surface area is 82.9 Å². The lowest BCUT2D eigenvalue weighted by Gasteiger charge is -2.23. The monoisotopic (exact) mass is 191 g/mol. The van der Waals surface area contributed by atoms with E-state index in [2.05, 4.69) is 27.0 Å². The van der Waals surface area contributed by atoms with Gasteiger partial charge < -0.3 is 10.0 Å². The minimum absolute atomic E-state index is 0.0484. The Morgan fingerprint density at radius 3 is 2.79 bits per heavy atom. The molecule has 0 saturated heterocycles. The van der Waals surface area contributed by atoms with Crippen LogP contribution in [0.1, 0.15) is 12.1 Å². The third-order valence-corrected chi connectivity index (χ3v) is 2.24. The van der Waals surface area contributed by atoms with Gasteiger partial charge in [-0.05, 0) is 6.42 Å². The number of aliphatic hydroxyl groups is 1. The Morgan fingerprint density at radius 1 is 1.29 bits per heavy atom. The van der Waals surface area contributed by atoms with Crippen molar-refractivity contribution >= 4 is 5.82 Å². The maximum Gasteiger partial charge on any atom is 0.147 e. The molecule has 0 atom stereocenters. The number of hydrogen-bond donors (Lipinski definition) is 1. The minimum atomic E-state index is -0.0484. The molecule has 74 valence electrons. The highest BCUT2D eigenvalue weighted by Gasteiger charge is 2.08. The van der Waals surface area contributed by atoms with Gasteiger partial charge in [-0.25, -0.2) is 4.98 Å². The van der Waals surface area contributed by atoms with Crippen LogP contribution in [0.5, 0.6) is 0 Å². The quantitative estimate of drug-likeness (QED) is 0.700. The number of aromatic nitrogens is 2. The molecule has 0 aromatic carbocycles. The van der Waals surface area contributed by atoms with E-state index in [9.17, 15) is 0 Å². The maximum atomic E-state index is 8.81. The zero-order chi connectivity index (χ0) is 9.80. The first-order valence-corrected chi connectivity index (χ1v) is 4.72. The van der Waals surface area contributed by atoms with Crippen molar-refractivity contribution < 1.29 is 5.11 Å². The van der Waals surface area contributed by atoms with Gasteiger partial charge in [0.2, 0.25) is 0 Å². The second-order valence-corrected chi connectivity index (χ2v) is 3.23. The topological polar surface area (TPSA) is 49.3 Å². The van der Waals surface area contributed by atoms with Crippen molar-refractivity contribution in [3.8, 4) is 0 Å². The number of hydrogen-bond acceptors (Lipinski definition) is 4. The Morgan fingerprint density at radius 2 is 2.21 bits per heavy atom. The van der Waals surface area contributed by atoms with Crippen molar-refractivity contribution in [1.82, 2.24) is 9.97 Å². The highest BCUT2D eigenvalue weighted by atomic mass is 16.3. The van der Waals surface area contributed by atoms with E-state index < -0.39 is 0 Å². The summed E-state index contributed by atoms with van der Waals surface area (Å²) in [4.78, 5) is 10.5. The fourth-order valence-corrected chi connectivity index (χ4v) is 1.44. The van der Waals surface area contributed by atoms with Crippen molar-refractivity contribution in [2.75, 3.05) is 18.0 Å². The maximum absolute atomic E-state index is 8.81. The lowest BCUT2D eigenvalue weighted by atomic mass is 10.2. The smallest absolute Gasteiger partial charge is 0.147 e. The van der Waals surface area contributed by atoms with Gasteiger partial charge in [-0.2, -0.15) is 0 Å². The van der Waals surface area contributed by atoms with E-state index in [0.717, 1.165) is 25.3 Å². The molecule has 4 heteroatoms. The molecule has 1 aliphatic rings. The van der Waals surface area contributed by atoms with Crippen LogP contribution in [-0.2, 0) is 6.61 Å². The van der Waals surface area contributed by atoms with Crippen molar-refractivity contribution in [1.29, 1.82) is 0 Å². The number of aliphatic hydroxyl groups excluding tert-OH is 1. The molecule has 0 aliphatic carbocycles. The Kier molecular flexibility index (Phi) is 2.74. The second-order valence-electron chi connectivity index (χ2n) is 3.23. The standard InChI is InChI=1S/C10H13N3O/c14-8-9-6-12-10(7-11-9)13-4-2-1-3-5-13/h1-2,6-7,14H,3-5,8H2. The van der Waals surface area contributed by atoms with Crippen molar-refractivity contribution in [3.05, 3.63) is 30.2 Å². The molecule has 4 nitrogen and oxygen atoms in total. The largest absolute Gasteiger partial charge is 0.390 e. The zero-order valence-corrected chi connectivity index (χ0v) is 7.93. The normalized spacial score (nSPS) is 15.9. The van der Waals surface area contributed by atoms with Gasteiger partial charge in [0.25, 0.3) is 0 Å². The van der Waals surface area contributed by atoms with E-state index in [0.29, 0.717) is 5.69 Å². The molecule has 2 rings (SSSR count). The summed E-state index contributed by atoms with van der Waals surface area (Å²) < 4.78 is 0. The summed E-state index contributed by atoms with van der Waals surface area (Å²) in [5, 5.41) is 8.81. The van der Waals surface area contributed by atoms with Crippen LogP contribution in [0.15, 0.2) is 24.5 Å². The molecule has 1 aliphatic heterocycles. The zero-order valence-electron chi connectivity index (χ0n) is 7.93. The summed E-state index contributed by atoms with van der Waals surface area (Å²) in [6.07, 6.45) is 8.69. The SMILES string of the molecule is OCc1cnc(N2CC=CCC2)cn1. The van der Waals surface area contributed by atoms with Gasteiger partial charge in [0, 0.05) is 13.1 Å². The summed E-state index contributed by atoms with van der Waals surface area (Å²) >= 11 is 0. The van der Waals surface area contributed by atoms with Gasteiger partial charge in [0.1, 0.15) is 5.82 Å². The first-order chi connectivity index (χ1) is 6.90. The predicted octanol–water partition coefficient (Wildman–Crippen LogP) is 0.735. The van der Waals surface area contributed by atoms with Crippen LogP contribution in [0.25, 0.3) is 0 Å². The van der Waals surface area contributed by atoms with Crippen LogP contribution in [0.2, 0.25) is 0 Å². The van der Waals surface area contributed by atoms with Gasteiger partial charge in [0.15, 0.2) is 0 Å². The average Bonchev–Trinajstić information content (AvgIpc) is 2.30. The molecule has 14 heavy (non-hydrogen) atoms. The summed E-state index contributed by atoms with van der Waals surface area (Å²) in [6, 6.07) is 0. The molecule has 0 unspecified atom stereocenters. The molecule has 0 spiro atoms. The van der Waals surface area contributed by atoms with E-state index in [1.807, 2.05) is 0 Å². The summed E-state index contributed by atoms with van der Waals surface area (Å²) in [5.41, 5.74) is 0.612. The molecular formula is C10H13N3O. The first-order valence-electron chi connectivity index (χ1n) is 4.72. The third kappa shape index (κ3) is 1.90. The molecule has 0 radical (unpaired) electrons. The van der Waals surface area contributed by atoms with Crippen LogP contribution < -0.4 is 4.90 Å². The van der Waals surface area contributed by atoms with E-state index in [1.165, 1.54) is 0 Å². The third-order valence-electron chi connectivity index (χ3n) is 2.24. The van der Waals surface area contributed by atoms with E-state index in [4.69, 9.17) is 5.11 Å². The van der Waals surface area contributed by atoms with Crippen molar-refractivity contribution in [3.63, 3.8) is 0 Å². The Balaban J connectivity index is 2.12. The second kappa shape index (κ2) is 4.19. The summed E-state index contributed by atoms with van der Waals surface area (Å²) in [5.74, 6) is 0.881. The fraction of sp³-hybridized carbons (Fsp3) is 0.400. The molecule has 0 fully saturated rings. The van der Waals surface area contributed by atoms with Gasteiger partial charge in [-0.15, -0.1) is 0 Å². The molecule has 1 aromatic rings. The van der Waals surface area contributed by atoms with Crippen LogP contribution in [0, 0.1) is 0 Å². The van der Waals surface area contributed by atoms with Gasteiger partial charge in [-0.3, -0.25) is 4.98 Å². The van der Waals surface area contributed by atoms with E-state index in [1.54, 1.807) is 12.4 Å². The minimum Gasteiger partial charge on any atom is -0.390 e. The summed E-state index contributed by atoms with van der Waals surface area (Å²) in [6.45, 7) is 1.84. The molecule has 0 amide bonds. The van der Waals surface area contributed by atoms with Gasteiger partial charge in [0.05, 0.1) is 24.7 Å². The lowest BCUT2D eigenvalue weighted by molar-refractivity contribution is 0.276.